The molecule has 2 heterocycles. The molecular formula is C23H20ClF2N3O4. The molecule has 1 aromatic heterocycles. The molecule has 0 fully saturated rings. The number of esters is 1. The van der Waals surface area contributed by atoms with Gasteiger partial charge in [-0.15, -0.1) is 0 Å². The highest BCUT2D eigenvalue weighted by molar-refractivity contribution is 6.33. The average Bonchev–Trinajstić information content (AvgIpc) is 3.31. The van der Waals surface area contributed by atoms with Crippen LogP contribution >= 0.6 is 11.6 Å². The zero-order valence-electron chi connectivity index (χ0n) is 17.6. The Kier molecular flexibility index (Phi) is 6.16. The van der Waals surface area contributed by atoms with E-state index in [-0.39, 0.29) is 35.5 Å². The summed E-state index contributed by atoms with van der Waals surface area (Å²) in [5, 5.41) is 8.02. The molecule has 2 atom stereocenters. The van der Waals surface area contributed by atoms with E-state index < -0.39 is 30.3 Å². The minimum Gasteiger partial charge on any atom is -0.490 e. The van der Waals surface area contributed by atoms with E-state index in [1.54, 1.807) is 30.3 Å². The van der Waals surface area contributed by atoms with Gasteiger partial charge < -0.3 is 19.8 Å². The van der Waals surface area contributed by atoms with Crippen LogP contribution in [0, 0.1) is 17.2 Å². The maximum absolute atomic E-state index is 13.1. The average molecular weight is 476 g/mol. The molecule has 0 radical (unpaired) electrons. The highest BCUT2D eigenvalue weighted by Crippen LogP contribution is 2.48. The van der Waals surface area contributed by atoms with Crippen molar-refractivity contribution in [2.45, 2.75) is 19.4 Å². The smallest absolute Gasteiger partial charge is 0.362 e. The summed E-state index contributed by atoms with van der Waals surface area (Å²) in [6, 6.07) is 10.0. The van der Waals surface area contributed by atoms with Crippen LogP contribution in [0.15, 0.2) is 53.4 Å². The number of para-hydroxylation sites is 1. The Hall–Kier alpha value is -3.33. The maximum Gasteiger partial charge on any atom is 0.362 e. The Morgan fingerprint density at radius 2 is 2.09 bits per heavy atom. The number of aromatic nitrogens is 1. The van der Waals surface area contributed by atoms with Gasteiger partial charge in [0.25, 0.3) is 11.8 Å². The topological polar surface area (TPSA) is 92.6 Å². The van der Waals surface area contributed by atoms with Gasteiger partial charge in [0.2, 0.25) is 0 Å². The number of ether oxygens (including phenoxy) is 2. The molecule has 2 aromatic rings. The van der Waals surface area contributed by atoms with Crippen molar-refractivity contribution in [2.75, 3.05) is 13.2 Å². The minimum absolute atomic E-state index is 0.0374. The lowest BCUT2D eigenvalue weighted by Gasteiger charge is -2.21. The zero-order chi connectivity index (χ0) is 23.8. The molecule has 0 saturated carbocycles. The third-order valence-corrected chi connectivity index (χ3v) is 5.75. The van der Waals surface area contributed by atoms with Gasteiger partial charge in [-0.1, -0.05) is 29.8 Å². The molecule has 7 nitrogen and oxygen atoms in total. The number of nitrogens with zero attached hydrogens (tertiary/aromatic N) is 2. The van der Waals surface area contributed by atoms with Crippen LogP contribution in [-0.2, 0) is 11.3 Å². The molecule has 0 saturated heterocycles. The number of alkyl halides is 2. The van der Waals surface area contributed by atoms with Crippen LogP contribution in [0.3, 0.4) is 0 Å². The molecule has 10 heteroatoms. The van der Waals surface area contributed by atoms with E-state index in [4.69, 9.17) is 26.5 Å². The second-order valence-electron chi connectivity index (χ2n) is 7.95. The lowest BCUT2D eigenvalue weighted by molar-refractivity contribution is -0.0432. The van der Waals surface area contributed by atoms with Gasteiger partial charge in [0.15, 0.2) is 12.3 Å². The van der Waals surface area contributed by atoms with E-state index in [2.05, 4.69) is 4.98 Å². The third kappa shape index (κ3) is 4.88. The Bertz CT molecular complexity index is 1130. The molecule has 1 unspecified atom stereocenters. The first-order chi connectivity index (χ1) is 15.7. The van der Waals surface area contributed by atoms with Gasteiger partial charge in [-0.2, -0.15) is 0 Å². The van der Waals surface area contributed by atoms with Crippen LogP contribution in [0.25, 0.3) is 0 Å². The molecule has 33 heavy (non-hydrogen) atoms. The van der Waals surface area contributed by atoms with Crippen LogP contribution in [0.5, 0.6) is 5.75 Å². The number of hydrogen-bond acceptors (Lipinski definition) is 6. The monoisotopic (exact) mass is 475 g/mol. The number of hydrogen-bond donors (Lipinski definition) is 1. The number of halogens is 3. The van der Waals surface area contributed by atoms with Crippen molar-refractivity contribution in [3.05, 3.63) is 70.2 Å². The number of pyridine rings is 1. The number of allylic oxidation sites excluding steroid dienone is 2. The molecule has 1 aliphatic carbocycles. The predicted molar refractivity (Wildman–Crippen MR) is 116 cm³/mol. The standard InChI is InChI=1S/C23H20ClF2N3O4/c1-23(25,26)12-32-20-17(18(20)24)13(9-27)10-29-11-16-15(21(29)30)7-8-28-19(16)22(31)33-14-5-3-2-4-6-14/h2-9,13,17,27H,10-12H2,1H3/t13?,17-/m1/s1. The van der Waals surface area contributed by atoms with E-state index >= 15 is 0 Å². The number of amides is 1. The van der Waals surface area contributed by atoms with Crippen molar-refractivity contribution >= 4 is 29.7 Å². The van der Waals surface area contributed by atoms with Crippen molar-refractivity contribution < 1.29 is 27.8 Å². The first-order valence-corrected chi connectivity index (χ1v) is 10.5. The second kappa shape index (κ2) is 8.90. The van der Waals surface area contributed by atoms with Crippen LogP contribution < -0.4 is 4.74 Å². The summed E-state index contributed by atoms with van der Waals surface area (Å²) in [4.78, 5) is 31.2. The van der Waals surface area contributed by atoms with Crippen LogP contribution in [-0.4, -0.2) is 47.0 Å². The number of carbonyl (C=O) groups excluding carboxylic acids is 2. The lowest BCUT2D eigenvalue weighted by atomic mass is 10.0. The fourth-order valence-electron chi connectivity index (χ4n) is 3.70. The van der Waals surface area contributed by atoms with Crippen LogP contribution in [0.2, 0.25) is 0 Å². The molecule has 1 aromatic carbocycles. The quantitative estimate of drug-likeness (QED) is 0.332. The summed E-state index contributed by atoms with van der Waals surface area (Å²) >= 11 is 6.11. The SMILES string of the molecule is CC(F)(F)COC1=C(Cl)[C@H]1C(C=N)CN1Cc2c(ccnc2C(=O)Oc2ccccc2)C1=O. The molecule has 1 N–H and O–H groups in total. The maximum atomic E-state index is 13.1. The van der Waals surface area contributed by atoms with Crippen molar-refractivity contribution in [3.8, 4) is 5.75 Å². The first kappa shape index (κ1) is 22.8. The molecule has 4 rings (SSSR count). The van der Waals surface area contributed by atoms with Crippen molar-refractivity contribution in [1.82, 2.24) is 9.88 Å². The second-order valence-corrected chi connectivity index (χ2v) is 8.36. The Morgan fingerprint density at radius 3 is 2.76 bits per heavy atom. The van der Waals surface area contributed by atoms with Gasteiger partial charge in [0.05, 0.1) is 11.0 Å². The predicted octanol–water partition coefficient (Wildman–Crippen LogP) is 4.27. The van der Waals surface area contributed by atoms with Gasteiger partial charge >= 0.3 is 5.97 Å². The summed E-state index contributed by atoms with van der Waals surface area (Å²) < 4.78 is 36.6. The van der Waals surface area contributed by atoms with E-state index in [0.29, 0.717) is 16.9 Å². The Balaban J connectivity index is 1.45. The Morgan fingerprint density at radius 1 is 1.36 bits per heavy atom. The highest BCUT2D eigenvalue weighted by atomic mass is 35.5. The zero-order valence-corrected chi connectivity index (χ0v) is 18.3. The number of nitrogens with one attached hydrogen (secondary N) is 1. The summed E-state index contributed by atoms with van der Waals surface area (Å²) in [6.45, 7) is 0.119. The molecule has 2 aliphatic rings. The number of carbonyl (C=O) groups is 2. The fourth-order valence-corrected chi connectivity index (χ4v) is 4.08. The van der Waals surface area contributed by atoms with Gasteiger partial charge in [-0.25, -0.2) is 18.6 Å². The summed E-state index contributed by atoms with van der Waals surface area (Å²) in [5.74, 6) is -4.53. The first-order valence-electron chi connectivity index (χ1n) is 10.1. The molecular weight excluding hydrogens is 456 g/mol. The van der Waals surface area contributed by atoms with Crippen molar-refractivity contribution in [1.29, 1.82) is 5.41 Å². The lowest BCUT2D eigenvalue weighted by Crippen LogP contribution is -2.32. The highest BCUT2D eigenvalue weighted by Gasteiger charge is 2.46. The molecule has 172 valence electrons. The van der Waals surface area contributed by atoms with E-state index in [1.165, 1.54) is 17.2 Å². The molecule has 0 spiro atoms. The summed E-state index contributed by atoms with van der Waals surface area (Å²) in [5.41, 5.74) is 0.796. The molecule has 0 bridgehead atoms. The van der Waals surface area contributed by atoms with Gasteiger partial charge in [0.1, 0.15) is 11.5 Å². The molecule has 1 amide bonds. The van der Waals surface area contributed by atoms with Gasteiger partial charge in [-0.05, 0) is 18.2 Å². The normalized spacial score (nSPS) is 18.1. The summed E-state index contributed by atoms with van der Waals surface area (Å²) in [7, 11) is 0. The number of rotatable bonds is 9. The van der Waals surface area contributed by atoms with Crippen LogP contribution in [0.1, 0.15) is 33.3 Å². The minimum atomic E-state index is -3.01. The van der Waals surface area contributed by atoms with E-state index in [9.17, 15) is 18.4 Å². The van der Waals surface area contributed by atoms with E-state index in [0.717, 1.165) is 13.1 Å². The third-order valence-electron chi connectivity index (χ3n) is 5.33. The number of benzene rings is 1. The van der Waals surface area contributed by atoms with Crippen LogP contribution in [0.4, 0.5) is 8.78 Å². The number of fused-ring (bicyclic) bond motifs is 1. The largest absolute Gasteiger partial charge is 0.490 e. The van der Waals surface area contributed by atoms with Gasteiger partial charge in [0, 0.05) is 49.5 Å². The Labute approximate surface area is 193 Å². The molecule has 1 aliphatic heterocycles. The fraction of sp³-hybridized carbons (Fsp3) is 0.304. The van der Waals surface area contributed by atoms with Gasteiger partial charge in [-0.3, -0.25) is 4.79 Å². The van der Waals surface area contributed by atoms with Crippen molar-refractivity contribution in [3.63, 3.8) is 0 Å². The summed E-state index contributed by atoms with van der Waals surface area (Å²) in [6.07, 6.45) is 2.48. The van der Waals surface area contributed by atoms with Crippen molar-refractivity contribution in [2.24, 2.45) is 11.8 Å². The van der Waals surface area contributed by atoms with E-state index in [1.807, 2.05) is 0 Å².